The predicted molar refractivity (Wildman–Crippen MR) is 26.1 cm³/mol. The Bertz CT molecular complexity index is 91.7. The van der Waals surface area contributed by atoms with E-state index in [-0.39, 0.29) is 0 Å². The smallest absolute Gasteiger partial charge is 0.222 e. The minimum atomic E-state index is 1.64. The molecule has 0 saturated carbocycles. The van der Waals surface area contributed by atoms with Gasteiger partial charge in [-0.3, -0.25) is 0 Å². The Morgan fingerprint density at radius 3 is 2.29 bits per heavy atom. The maximum Gasteiger partial charge on any atom is 0.427 e. The van der Waals surface area contributed by atoms with Crippen molar-refractivity contribution in [3.8, 4) is 0 Å². The number of rotatable bonds is 0. The standard InChI is InChI=1S/C2H6BN4/c1-6-3-4-5-7(6)2/h1-2H3. The van der Waals surface area contributed by atoms with E-state index in [4.69, 9.17) is 0 Å². The van der Waals surface area contributed by atoms with Crippen LogP contribution in [0.15, 0.2) is 10.2 Å². The number of hydrogen-bond acceptors (Lipinski definition) is 4. The summed E-state index contributed by atoms with van der Waals surface area (Å²) in [5, 5.41) is 8.88. The zero-order valence-electron chi connectivity index (χ0n) is 4.37. The van der Waals surface area contributed by atoms with Gasteiger partial charge in [-0.1, -0.05) is 5.22 Å². The van der Waals surface area contributed by atoms with Crippen LogP contribution < -0.4 is 0 Å². The molecule has 1 aliphatic rings. The highest BCUT2D eigenvalue weighted by molar-refractivity contribution is 6.29. The molecule has 0 aliphatic carbocycles. The molecule has 1 aliphatic heterocycles. The zero-order valence-corrected chi connectivity index (χ0v) is 4.37. The van der Waals surface area contributed by atoms with Gasteiger partial charge in [-0.15, -0.1) is 0 Å². The normalized spacial score (nSPS) is 20.6. The van der Waals surface area contributed by atoms with E-state index in [1.54, 1.807) is 17.6 Å². The van der Waals surface area contributed by atoms with E-state index >= 15 is 0 Å². The summed E-state index contributed by atoms with van der Waals surface area (Å²) in [7, 11) is 5.34. The molecule has 1 heterocycles. The van der Waals surface area contributed by atoms with Crippen LogP contribution in [0.1, 0.15) is 0 Å². The Labute approximate surface area is 43.0 Å². The van der Waals surface area contributed by atoms with Gasteiger partial charge < -0.3 is 0 Å². The molecule has 0 saturated heterocycles. The second-order valence-corrected chi connectivity index (χ2v) is 1.38. The first kappa shape index (κ1) is 4.58. The summed E-state index contributed by atoms with van der Waals surface area (Å²) < 4.78 is 0. The quantitative estimate of drug-likeness (QED) is 0.388. The number of hydrogen-bond donors (Lipinski definition) is 0. The molecule has 37 valence electrons. The molecule has 7 heavy (non-hydrogen) atoms. The molecule has 0 aromatic carbocycles. The topological polar surface area (TPSA) is 31.2 Å². The summed E-state index contributed by atoms with van der Waals surface area (Å²) in [6.45, 7) is 0. The fourth-order valence-electron chi connectivity index (χ4n) is 0.310. The van der Waals surface area contributed by atoms with Gasteiger partial charge in [0.1, 0.15) is 0 Å². The van der Waals surface area contributed by atoms with E-state index < -0.39 is 0 Å². The molecule has 0 unspecified atom stereocenters. The lowest BCUT2D eigenvalue weighted by atomic mass is 10.2. The molecule has 1 radical (unpaired) electrons. The maximum absolute atomic E-state index is 3.65. The van der Waals surface area contributed by atoms with Crippen molar-refractivity contribution in [3.63, 3.8) is 0 Å². The van der Waals surface area contributed by atoms with Crippen LogP contribution in [0.5, 0.6) is 0 Å². The molecule has 4 nitrogen and oxygen atoms in total. The lowest BCUT2D eigenvalue weighted by Gasteiger charge is -2.13. The molecular formula is C2H6BN4. The summed E-state index contributed by atoms with van der Waals surface area (Å²) in [4.78, 5) is 1.78. The lowest BCUT2D eigenvalue weighted by Crippen LogP contribution is -2.29. The van der Waals surface area contributed by atoms with Crippen molar-refractivity contribution in [2.24, 2.45) is 10.2 Å². The monoisotopic (exact) mass is 97.1 g/mol. The van der Waals surface area contributed by atoms with Gasteiger partial charge in [0, 0.05) is 7.05 Å². The molecule has 0 aromatic rings. The van der Waals surface area contributed by atoms with Crippen LogP contribution in [-0.4, -0.2) is 31.7 Å². The molecule has 0 fully saturated rings. The van der Waals surface area contributed by atoms with Crippen LogP contribution in [0.2, 0.25) is 0 Å². The fraction of sp³-hybridized carbons (Fsp3) is 1.00. The summed E-state index contributed by atoms with van der Waals surface area (Å²) in [6, 6.07) is 0. The summed E-state index contributed by atoms with van der Waals surface area (Å²) in [5.41, 5.74) is 0. The minimum absolute atomic E-state index is 1.64. The van der Waals surface area contributed by atoms with Crippen LogP contribution in [-0.2, 0) is 0 Å². The first-order valence-electron chi connectivity index (χ1n) is 2.01. The largest absolute Gasteiger partial charge is 0.427 e. The second kappa shape index (κ2) is 1.50. The van der Waals surface area contributed by atoms with Crippen LogP contribution in [0.4, 0.5) is 0 Å². The molecule has 0 amide bonds. The Hall–Kier alpha value is -0.575. The first-order valence-corrected chi connectivity index (χ1v) is 2.01. The molecule has 0 N–H and O–H groups in total. The van der Waals surface area contributed by atoms with Gasteiger partial charge in [-0.25, -0.2) is 15.1 Å². The van der Waals surface area contributed by atoms with Gasteiger partial charge in [-0.05, 0) is 7.05 Å². The van der Waals surface area contributed by atoms with E-state index in [1.165, 1.54) is 0 Å². The Morgan fingerprint density at radius 1 is 1.43 bits per heavy atom. The third kappa shape index (κ3) is 0.716. The Balaban J connectivity index is 2.45. The number of nitrogens with zero attached hydrogens (tertiary/aromatic N) is 4. The van der Waals surface area contributed by atoms with Crippen LogP contribution in [0, 0.1) is 0 Å². The fourth-order valence-corrected chi connectivity index (χ4v) is 0.310. The molecule has 1 rings (SSSR count). The van der Waals surface area contributed by atoms with E-state index in [1.807, 2.05) is 14.1 Å². The highest BCUT2D eigenvalue weighted by Gasteiger charge is 2.10. The Kier molecular flexibility index (Phi) is 0.979. The van der Waals surface area contributed by atoms with Gasteiger partial charge >= 0.3 is 7.55 Å². The predicted octanol–water partition coefficient (Wildman–Crippen LogP) is -0.320. The van der Waals surface area contributed by atoms with Crippen molar-refractivity contribution in [2.75, 3.05) is 14.1 Å². The SMILES string of the molecule is CN1[B]N=NN1C. The average Bonchev–Trinajstić information content (AvgIpc) is 1.91. The third-order valence-corrected chi connectivity index (χ3v) is 0.856. The number of hydrazine groups is 1. The highest BCUT2D eigenvalue weighted by Crippen LogP contribution is 1.96. The lowest BCUT2D eigenvalue weighted by molar-refractivity contribution is 0.136. The molecule has 0 spiro atoms. The molecule has 5 heteroatoms. The van der Waals surface area contributed by atoms with Crippen molar-refractivity contribution in [3.05, 3.63) is 0 Å². The highest BCUT2D eigenvalue weighted by atomic mass is 15.8. The van der Waals surface area contributed by atoms with Gasteiger partial charge in [0.05, 0.1) is 0 Å². The van der Waals surface area contributed by atoms with E-state index in [2.05, 4.69) is 10.2 Å². The van der Waals surface area contributed by atoms with Gasteiger partial charge in [0.15, 0.2) is 0 Å². The van der Waals surface area contributed by atoms with Gasteiger partial charge in [0.25, 0.3) is 0 Å². The van der Waals surface area contributed by atoms with Crippen molar-refractivity contribution < 1.29 is 0 Å². The molecule has 0 bridgehead atoms. The summed E-state index contributed by atoms with van der Waals surface area (Å²) in [5.74, 6) is 0. The van der Waals surface area contributed by atoms with E-state index in [0.717, 1.165) is 0 Å². The first-order chi connectivity index (χ1) is 3.30. The molecular weight excluding hydrogens is 90.9 g/mol. The van der Waals surface area contributed by atoms with E-state index in [9.17, 15) is 0 Å². The van der Waals surface area contributed by atoms with Crippen LogP contribution in [0.25, 0.3) is 0 Å². The third-order valence-electron chi connectivity index (χ3n) is 0.856. The maximum atomic E-state index is 3.65. The molecule has 0 aromatic heterocycles. The Morgan fingerprint density at radius 2 is 2.14 bits per heavy atom. The van der Waals surface area contributed by atoms with E-state index in [0.29, 0.717) is 0 Å². The van der Waals surface area contributed by atoms with Crippen LogP contribution in [0.3, 0.4) is 0 Å². The van der Waals surface area contributed by atoms with Crippen molar-refractivity contribution >= 4 is 7.55 Å². The zero-order chi connectivity index (χ0) is 5.28. The van der Waals surface area contributed by atoms with Crippen molar-refractivity contribution in [1.82, 2.24) is 10.0 Å². The minimum Gasteiger partial charge on any atom is -0.222 e. The summed E-state index contributed by atoms with van der Waals surface area (Å²) in [6.07, 6.45) is 0. The van der Waals surface area contributed by atoms with Crippen molar-refractivity contribution in [2.45, 2.75) is 0 Å². The average molecular weight is 96.9 g/mol. The van der Waals surface area contributed by atoms with Crippen molar-refractivity contribution in [1.29, 1.82) is 0 Å². The molecule has 0 atom stereocenters. The van der Waals surface area contributed by atoms with Crippen LogP contribution >= 0.6 is 0 Å². The summed E-state index contributed by atoms with van der Waals surface area (Å²) >= 11 is 0. The second-order valence-electron chi connectivity index (χ2n) is 1.38. The van der Waals surface area contributed by atoms with Gasteiger partial charge in [0.2, 0.25) is 0 Å². The van der Waals surface area contributed by atoms with Gasteiger partial charge in [-0.2, -0.15) is 0 Å².